The lowest BCUT2D eigenvalue weighted by Crippen LogP contribution is -2.41. The molecule has 0 saturated carbocycles. The normalized spacial score (nSPS) is 21.2. The number of guanidine groups is 1. The number of anilines is 1. The largest absolute Gasteiger partial charge is 0.490 e. The van der Waals surface area contributed by atoms with Gasteiger partial charge >= 0.3 is 0 Å². The number of hydrogen-bond acceptors (Lipinski definition) is 4. The van der Waals surface area contributed by atoms with Crippen molar-refractivity contribution in [1.29, 1.82) is 0 Å². The van der Waals surface area contributed by atoms with E-state index >= 15 is 0 Å². The van der Waals surface area contributed by atoms with E-state index in [2.05, 4.69) is 22.1 Å². The monoisotopic (exact) mass is 460 g/mol. The summed E-state index contributed by atoms with van der Waals surface area (Å²) >= 11 is 0. The van der Waals surface area contributed by atoms with Crippen LogP contribution in [-0.4, -0.2) is 49.7 Å². The smallest absolute Gasteiger partial charge is 0.193 e. The highest BCUT2D eigenvalue weighted by atomic mass is 127. The highest BCUT2D eigenvalue weighted by Crippen LogP contribution is 2.32. The van der Waals surface area contributed by atoms with Gasteiger partial charge in [0.1, 0.15) is 0 Å². The van der Waals surface area contributed by atoms with E-state index < -0.39 is 0 Å². The Kier molecular flexibility index (Phi) is 8.08. The molecule has 1 fully saturated rings. The lowest BCUT2D eigenvalue weighted by molar-refractivity contribution is 0.161. The lowest BCUT2D eigenvalue weighted by atomic mass is 10.0. The number of halogens is 1. The number of fused-ring (bicyclic) bond motifs is 1. The number of piperidine rings is 1. The number of benzene rings is 1. The van der Waals surface area contributed by atoms with Crippen molar-refractivity contribution in [3.05, 3.63) is 18.2 Å². The first kappa shape index (κ1) is 20.1. The fourth-order valence-corrected chi connectivity index (χ4v) is 3.32. The van der Waals surface area contributed by atoms with Gasteiger partial charge in [-0.1, -0.05) is 13.3 Å². The van der Waals surface area contributed by atoms with Gasteiger partial charge < -0.3 is 20.5 Å². The van der Waals surface area contributed by atoms with Crippen LogP contribution in [0.3, 0.4) is 0 Å². The Morgan fingerprint density at radius 3 is 2.84 bits per heavy atom. The molecule has 0 spiro atoms. The fraction of sp³-hybridized carbons (Fsp3) is 0.611. The van der Waals surface area contributed by atoms with E-state index in [-0.39, 0.29) is 24.0 Å². The Bertz CT molecular complexity index is 582. The van der Waals surface area contributed by atoms with Gasteiger partial charge in [0.2, 0.25) is 0 Å². The molecule has 1 aromatic rings. The standard InChI is InChI=1S/C18H28N4O2.HI/c1-2-22-9-4-3-6-15(22)13-20-18(19)21-14-7-8-16-17(12-14)24-11-5-10-23-16;/h7-8,12,15H,2-6,9-11,13H2,1H3,(H3,19,20,21);1H. The molecule has 3 N–H and O–H groups in total. The molecule has 0 aromatic heterocycles. The lowest BCUT2D eigenvalue weighted by Gasteiger charge is -2.33. The maximum atomic E-state index is 6.07. The number of hydrogen-bond donors (Lipinski definition) is 2. The second kappa shape index (κ2) is 10.1. The number of rotatable bonds is 4. The molecule has 2 heterocycles. The van der Waals surface area contributed by atoms with Crippen LogP contribution in [0.4, 0.5) is 5.69 Å². The van der Waals surface area contributed by atoms with Crippen molar-refractivity contribution in [2.45, 2.75) is 38.6 Å². The topological polar surface area (TPSA) is 72.1 Å². The summed E-state index contributed by atoms with van der Waals surface area (Å²) in [7, 11) is 0. The molecule has 7 heteroatoms. The molecule has 3 rings (SSSR count). The number of aliphatic imine (C=N–C) groups is 1. The molecule has 0 radical (unpaired) electrons. The van der Waals surface area contributed by atoms with Crippen molar-refractivity contribution in [3.8, 4) is 11.5 Å². The molecule has 140 valence electrons. The molecular formula is C18H29IN4O2. The highest BCUT2D eigenvalue weighted by molar-refractivity contribution is 14.0. The number of nitrogens with one attached hydrogen (secondary N) is 1. The molecule has 25 heavy (non-hydrogen) atoms. The Hall–Kier alpha value is -1.22. The molecule has 1 saturated heterocycles. The third-order valence-electron chi connectivity index (χ3n) is 4.65. The van der Waals surface area contributed by atoms with E-state index in [1.807, 2.05) is 18.2 Å². The molecule has 2 aliphatic heterocycles. The zero-order valence-electron chi connectivity index (χ0n) is 14.9. The summed E-state index contributed by atoms with van der Waals surface area (Å²) in [4.78, 5) is 7.04. The predicted octanol–water partition coefficient (Wildman–Crippen LogP) is 3.07. The molecule has 0 aliphatic carbocycles. The second-order valence-electron chi connectivity index (χ2n) is 6.34. The van der Waals surface area contributed by atoms with Crippen LogP contribution in [0.2, 0.25) is 0 Å². The Balaban J connectivity index is 0.00000225. The molecule has 2 aliphatic rings. The van der Waals surface area contributed by atoms with Crippen molar-refractivity contribution in [2.24, 2.45) is 10.7 Å². The number of nitrogens with zero attached hydrogens (tertiary/aromatic N) is 2. The second-order valence-corrected chi connectivity index (χ2v) is 6.34. The zero-order chi connectivity index (χ0) is 16.8. The predicted molar refractivity (Wildman–Crippen MR) is 112 cm³/mol. The first-order valence-corrected chi connectivity index (χ1v) is 8.97. The third kappa shape index (κ3) is 5.64. The first-order chi connectivity index (χ1) is 11.8. The van der Waals surface area contributed by atoms with Gasteiger partial charge in [-0.05, 0) is 38.1 Å². The van der Waals surface area contributed by atoms with Crippen LogP contribution >= 0.6 is 24.0 Å². The molecule has 0 bridgehead atoms. The van der Waals surface area contributed by atoms with E-state index in [1.54, 1.807) is 0 Å². The summed E-state index contributed by atoms with van der Waals surface area (Å²) in [5.41, 5.74) is 6.94. The van der Waals surface area contributed by atoms with Gasteiger partial charge in [-0.2, -0.15) is 0 Å². The average molecular weight is 460 g/mol. The maximum Gasteiger partial charge on any atom is 0.193 e. The summed E-state index contributed by atoms with van der Waals surface area (Å²) < 4.78 is 11.3. The van der Waals surface area contributed by atoms with Crippen molar-refractivity contribution < 1.29 is 9.47 Å². The van der Waals surface area contributed by atoms with Crippen molar-refractivity contribution in [3.63, 3.8) is 0 Å². The van der Waals surface area contributed by atoms with Crippen LogP contribution in [0, 0.1) is 0 Å². The summed E-state index contributed by atoms with van der Waals surface area (Å²) in [6.07, 6.45) is 4.68. The van der Waals surface area contributed by atoms with E-state index in [4.69, 9.17) is 15.2 Å². The van der Waals surface area contributed by atoms with Crippen LogP contribution in [0.15, 0.2) is 23.2 Å². The van der Waals surface area contributed by atoms with Crippen LogP contribution < -0.4 is 20.5 Å². The van der Waals surface area contributed by atoms with E-state index in [0.29, 0.717) is 25.2 Å². The van der Waals surface area contributed by atoms with Gasteiger partial charge in [-0.3, -0.25) is 9.89 Å². The molecule has 1 aromatic carbocycles. The molecule has 1 atom stereocenters. The zero-order valence-corrected chi connectivity index (χ0v) is 17.2. The fourth-order valence-electron chi connectivity index (χ4n) is 3.32. The van der Waals surface area contributed by atoms with E-state index in [1.165, 1.54) is 25.8 Å². The van der Waals surface area contributed by atoms with Crippen LogP contribution in [0.5, 0.6) is 11.5 Å². The van der Waals surface area contributed by atoms with Gasteiger partial charge in [0, 0.05) is 24.2 Å². The molecule has 0 amide bonds. The quantitative estimate of drug-likeness (QED) is 0.411. The molecule has 1 unspecified atom stereocenters. The number of nitrogens with two attached hydrogens (primary N) is 1. The Labute approximate surface area is 167 Å². The van der Waals surface area contributed by atoms with Gasteiger partial charge in [0.05, 0.1) is 19.8 Å². The summed E-state index contributed by atoms with van der Waals surface area (Å²) in [6.45, 7) is 6.58. The van der Waals surface area contributed by atoms with Gasteiger partial charge in [-0.25, -0.2) is 0 Å². The van der Waals surface area contributed by atoms with E-state index in [0.717, 1.165) is 36.7 Å². The Morgan fingerprint density at radius 1 is 1.24 bits per heavy atom. The van der Waals surface area contributed by atoms with Crippen molar-refractivity contribution in [2.75, 3.05) is 38.2 Å². The van der Waals surface area contributed by atoms with Gasteiger partial charge in [0.25, 0.3) is 0 Å². The van der Waals surface area contributed by atoms with Gasteiger partial charge in [0.15, 0.2) is 17.5 Å². The summed E-state index contributed by atoms with van der Waals surface area (Å²) in [5, 5.41) is 3.16. The Morgan fingerprint density at radius 2 is 2.04 bits per heavy atom. The van der Waals surface area contributed by atoms with E-state index in [9.17, 15) is 0 Å². The average Bonchev–Trinajstić information content (AvgIpc) is 2.85. The minimum atomic E-state index is 0. The first-order valence-electron chi connectivity index (χ1n) is 8.97. The SMILES string of the molecule is CCN1CCCCC1CN=C(N)Nc1ccc2c(c1)OCCCO2.I. The maximum absolute atomic E-state index is 6.07. The minimum absolute atomic E-state index is 0. The molecular weight excluding hydrogens is 431 g/mol. The van der Waals surface area contributed by atoms with Crippen LogP contribution in [0.1, 0.15) is 32.6 Å². The highest BCUT2D eigenvalue weighted by Gasteiger charge is 2.20. The van der Waals surface area contributed by atoms with Crippen molar-refractivity contribution in [1.82, 2.24) is 4.90 Å². The number of likely N-dealkylation sites (tertiary alicyclic amines) is 1. The number of ether oxygens (including phenoxy) is 2. The van der Waals surface area contributed by atoms with Crippen molar-refractivity contribution >= 4 is 35.6 Å². The summed E-state index contributed by atoms with van der Waals surface area (Å²) in [5.74, 6) is 2.00. The molecule has 6 nitrogen and oxygen atoms in total. The van der Waals surface area contributed by atoms with Gasteiger partial charge in [-0.15, -0.1) is 24.0 Å². The van der Waals surface area contributed by atoms with Crippen LogP contribution in [-0.2, 0) is 0 Å². The number of likely N-dealkylation sites (N-methyl/N-ethyl adjacent to an activating group) is 1. The third-order valence-corrected chi connectivity index (χ3v) is 4.65. The van der Waals surface area contributed by atoms with Crippen LogP contribution in [0.25, 0.3) is 0 Å². The minimum Gasteiger partial charge on any atom is -0.490 e. The summed E-state index contributed by atoms with van der Waals surface area (Å²) in [6, 6.07) is 6.28.